The zero-order chi connectivity index (χ0) is 15.2. The molecule has 0 radical (unpaired) electrons. The average molecular weight is 299 g/mol. The molecule has 0 spiro atoms. The molecule has 3 N–H and O–H groups in total. The van der Waals surface area contributed by atoms with Crippen molar-refractivity contribution < 1.29 is 18.0 Å². The van der Waals surface area contributed by atoms with E-state index in [4.69, 9.17) is 5.84 Å². The number of halogens is 3. The third-order valence-electron chi connectivity index (χ3n) is 4.40. The molecule has 1 saturated carbocycles. The Bertz CT molecular complexity index is 573. The van der Waals surface area contributed by atoms with Crippen molar-refractivity contribution in [2.24, 2.45) is 11.8 Å². The van der Waals surface area contributed by atoms with Gasteiger partial charge in [0.05, 0.1) is 16.8 Å². The molecule has 2 unspecified atom stereocenters. The molecule has 1 aliphatic carbocycles. The van der Waals surface area contributed by atoms with Gasteiger partial charge in [0.1, 0.15) is 0 Å². The van der Waals surface area contributed by atoms with Gasteiger partial charge < -0.3 is 10.3 Å². The fourth-order valence-electron chi connectivity index (χ4n) is 3.35. The first-order chi connectivity index (χ1) is 9.90. The Kier molecular flexibility index (Phi) is 3.32. The first kappa shape index (κ1) is 14.2. The van der Waals surface area contributed by atoms with E-state index in [1.165, 1.54) is 6.07 Å². The van der Waals surface area contributed by atoms with Gasteiger partial charge in [-0.05, 0) is 43.4 Å². The van der Waals surface area contributed by atoms with Crippen LogP contribution in [-0.2, 0) is 6.18 Å². The fraction of sp³-hybridized carbons (Fsp3) is 0.500. The topological polar surface area (TPSA) is 58.4 Å². The lowest BCUT2D eigenvalue weighted by Gasteiger charge is -2.28. The van der Waals surface area contributed by atoms with Crippen molar-refractivity contribution in [2.75, 3.05) is 12.0 Å². The lowest BCUT2D eigenvalue weighted by atomic mass is 10.0. The predicted molar refractivity (Wildman–Crippen MR) is 71.4 cm³/mol. The van der Waals surface area contributed by atoms with Gasteiger partial charge in [0.15, 0.2) is 0 Å². The number of hydrazine groups is 1. The number of carbonyl (C=O) groups is 1. The van der Waals surface area contributed by atoms with E-state index in [2.05, 4.69) is 5.43 Å². The molecule has 3 rings (SSSR count). The third kappa shape index (κ3) is 2.46. The quantitative estimate of drug-likeness (QED) is 0.652. The van der Waals surface area contributed by atoms with Crippen LogP contribution in [0.2, 0.25) is 0 Å². The number of rotatable bonds is 2. The summed E-state index contributed by atoms with van der Waals surface area (Å²) >= 11 is 0. The van der Waals surface area contributed by atoms with E-state index in [1.54, 1.807) is 4.90 Å². The lowest BCUT2D eigenvalue weighted by Crippen LogP contribution is -2.38. The first-order valence-electron chi connectivity index (χ1n) is 6.89. The average Bonchev–Trinajstić information content (AvgIpc) is 3.07. The number of fused-ring (bicyclic) bond motifs is 2. The molecule has 1 aromatic carbocycles. The molecule has 7 heteroatoms. The van der Waals surface area contributed by atoms with Crippen LogP contribution in [0.25, 0.3) is 0 Å². The molecule has 2 aliphatic rings. The van der Waals surface area contributed by atoms with E-state index in [0.717, 1.165) is 31.4 Å². The highest BCUT2D eigenvalue weighted by molar-refractivity contribution is 6.00. The van der Waals surface area contributed by atoms with Gasteiger partial charge in [-0.2, -0.15) is 13.2 Å². The highest BCUT2D eigenvalue weighted by Gasteiger charge is 2.41. The Morgan fingerprint density at radius 3 is 2.62 bits per heavy atom. The molecule has 2 fully saturated rings. The van der Waals surface area contributed by atoms with Crippen LogP contribution in [0.5, 0.6) is 0 Å². The highest BCUT2D eigenvalue weighted by atomic mass is 19.4. The van der Waals surface area contributed by atoms with Gasteiger partial charge >= 0.3 is 6.18 Å². The summed E-state index contributed by atoms with van der Waals surface area (Å²) in [5.74, 6) is 5.43. The van der Waals surface area contributed by atoms with Gasteiger partial charge in [-0.15, -0.1) is 0 Å². The van der Waals surface area contributed by atoms with Crippen molar-refractivity contribution in [1.82, 2.24) is 4.90 Å². The lowest BCUT2D eigenvalue weighted by molar-refractivity contribution is -0.137. The van der Waals surface area contributed by atoms with Gasteiger partial charge in [-0.3, -0.25) is 10.6 Å². The number of piperidine rings is 1. The highest BCUT2D eigenvalue weighted by Crippen LogP contribution is 2.39. The number of nitrogen functional groups attached to an aromatic ring is 1. The Morgan fingerprint density at radius 1 is 1.33 bits per heavy atom. The fourth-order valence-corrected chi connectivity index (χ4v) is 3.35. The monoisotopic (exact) mass is 299 g/mol. The van der Waals surface area contributed by atoms with E-state index in [0.29, 0.717) is 12.5 Å². The number of likely N-dealkylation sites (tertiary alicyclic amines) is 1. The van der Waals surface area contributed by atoms with Crippen LogP contribution in [0.1, 0.15) is 35.2 Å². The summed E-state index contributed by atoms with van der Waals surface area (Å²) in [4.78, 5) is 14.2. The summed E-state index contributed by atoms with van der Waals surface area (Å²) in [6.07, 6.45) is -1.50. The number of alkyl halides is 3. The molecule has 21 heavy (non-hydrogen) atoms. The summed E-state index contributed by atoms with van der Waals surface area (Å²) in [6, 6.07) is 3.15. The summed E-state index contributed by atoms with van der Waals surface area (Å²) in [5.41, 5.74) is 1.67. The second-order valence-electron chi connectivity index (χ2n) is 5.69. The van der Waals surface area contributed by atoms with Crippen molar-refractivity contribution in [1.29, 1.82) is 0 Å². The third-order valence-corrected chi connectivity index (χ3v) is 4.40. The molecule has 114 valence electrons. The SMILES string of the molecule is NNc1ccc(C(F)(F)F)cc1C(=O)N1CC2CCC1C2. The molecule has 4 nitrogen and oxygen atoms in total. The predicted octanol–water partition coefficient (Wildman–Crippen LogP) is 2.62. The van der Waals surface area contributed by atoms with Gasteiger partial charge in [-0.1, -0.05) is 0 Å². The van der Waals surface area contributed by atoms with Crippen LogP contribution >= 0.6 is 0 Å². The molecule has 1 amide bonds. The number of nitrogens with one attached hydrogen (secondary N) is 1. The van der Waals surface area contributed by atoms with Crippen LogP contribution in [0.4, 0.5) is 18.9 Å². The number of carbonyl (C=O) groups excluding carboxylic acids is 1. The number of anilines is 1. The maximum atomic E-state index is 12.8. The van der Waals surface area contributed by atoms with E-state index in [9.17, 15) is 18.0 Å². The molecule has 1 aromatic rings. The summed E-state index contributed by atoms with van der Waals surface area (Å²) in [5, 5.41) is 0. The molecule has 1 saturated heterocycles. The minimum atomic E-state index is -4.48. The van der Waals surface area contributed by atoms with E-state index in [1.807, 2.05) is 0 Å². The standard InChI is InChI=1S/C14H16F3N3O/c15-14(16,17)9-2-4-12(19-18)11(6-9)13(21)20-7-8-1-3-10(20)5-8/h2,4,6,8,10,19H,1,3,5,7,18H2. The van der Waals surface area contributed by atoms with Crippen molar-refractivity contribution in [3.8, 4) is 0 Å². The van der Waals surface area contributed by atoms with Crippen molar-refractivity contribution in [2.45, 2.75) is 31.5 Å². The second kappa shape index (κ2) is 4.91. The second-order valence-corrected chi connectivity index (χ2v) is 5.69. The number of nitrogens with two attached hydrogens (primary N) is 1. The van der Waals surface area contributed by atoms with Gasteiger partial charge in [-0.25, -0.2) is 0 Å². The summed E-state index contributed by atoms with van der Waals surface area (Å²) < 4.78 is 38.5. The minimum Gasteiger partial charge on any atom is -0.335 e. The number of hydrogen-bond donors (Lipinski definition) is 2. The zero-order valence-electron chi connectivity index (χ0n) is 11.3. The van der Waals surface area contributed by atoms with Crippen LogP contribution in [0.15, 0.2) is 18.2 Å². The van der Waals surface area contributed by atoms with Crippen LogP contribution in [-0.4, -0.2) is 23.4 Å². The minimum absolute atomic E-state index is 0.0140. The Hall–Kier alpha value is -1.76. The van der Waals surface area contributed by atoms with Crippen molar-refractivity contribution in [3.05, 3.63) is 29.3 Å². The van der Waals surface area contributed by atoms with Crippen molar-refractivity contribution in [3.63, 3.8) is 0 Å². The largest absolute Gasteiger partial charge is 0.416 e. The zero-order valence-corrected chi connectivity index (χ0v) is 11.3. The summed E-state index contributed by atoms with van der Waals surface area (Å²) in [7, 11) is 0. The molecule has 0 aromatic heterocycles. The Balaban J connectivity index is 1.94. The van der Waals surface area contributed by atoms with E-state index >= 15 is 0 Å². The Labute approximate surface area is 120 Å². The van der Waals surface area contributed by atoms with Gasteiger partial charge in [0.2, 0.25) is 0 Å². The van der Waals surface area contributed by atoms with Crippen LogP contribution in [0, 0.1) is 5.92 Å². The number of amides is 1. The van der Waals surface area contributed by atoms with Crippen LogP contribution in [0.3, 0.4) is 0 Å². The number of hydrogen-bond acceptors (Lipinski definition) is 3. The molecule has 2 atom stereocenters. The van der Waals surface area contributed by atoms with Crippen LogP contribution < -0.4 is 11.3 Å². The smallest absolute Gasteiger partial charge is 0.335 e. The van der Waals surface area contributed by atoms with Gasteiger partial charge in [0, 0.05) is 12.6 Å². The molecule has 1 aliphatic heterocycles. The number of benzene rings is 1. The van der Waals surface area contributed by atoms with Crippen molar-refractivity contribution >= 4 is 11.6 Å². The maximum Gasteiger partial charge on any atom is 0.416 e. The summed E-state index contributed by atoms with van der Waals surface area (Å²) in [6.45, 7) is 0.629. The molecule has 2 bridgehead atoms. The number of nitrogens with zero attached hydrogens (tertiary/aromatic N) is 1. The molecular formula is C14H16F3N3O. The molecular weight excluding hydrogens is 283 g/mol. The van der Waals surface area contributed by atoms with Gasteiger partial charge in [0.25, 0.3) is 5.91 Å². The normalized spacial score (nSPS) is 24.5. The molecule has 1 heterocycles. The van der Waals surface area contributed by atoms with E-state index in [-0.39, 0.29) is 23.2 Å². The van der Waals surface area contributed by atoms with E-state index < -0.39 is 11.7 Å². The maximum absolute atomic E-state index is 12.8. The first-order valence-corrected chi connectivity index (χ1v) is 6.89. The Morgan fingerprint density at radius 2 is 2.10 bits per heavy atom.